The second-order valence-corrected chi connectivity index (χ2v) is 8.36. The molecule has 0 unspecified atom stereocenters. The van der Waals surface area contributed by atoms with Gasteiger partial charge in [-0.2, -0.15) is 0 Å². The zero-order valence-corrected chi connectivity index (χ0v) is 17.4. The molecule has 1 fully saturated rings. The van der Waals surface area contributed by atoms with Crippen LogP contribution >= 0.6 is 0 Å². The molecule has 4 rings (SSSR count). The summed E-state index contributed by atoms with van der Waals surface area (Å²) < 4.78 is 32.0. The fraction of sp³-hybridized carbons (Fsp3) is 0.333. The van der Waals surface area contributed by atoms with Crippen LogP contribution < -0.4 is 9.64 Å². The number of benzene rings is 2. The number of ether oxygens (including phenoxy) is 1. The highest BCUT2D eigenvalue weighted by Crippen LogP contribution is 2.33. The smallest absolute Gasteiger partial charge is 0.282 e. The van der Waals surface area contributed by atoms with Crippen LogP contribution in [0.3, 0.4) is 0 Å². The first-order valence-corrected chi connectivity index (χ1v) is 9.98. The predicted molar refractivity (Wildman–Crippen MR) is 113 cm³/mol. The summed E-state index contributed by atoms with van der Waals surface area (Å²) in [5.41, 5.74) is 4.23. The van der Waals surface area contributed by atoms with Crippen molar-refractivity contribution >= 4 is 5.95 Å². The largest absolute Gasteiger partial charge is 0.487 e. The minimum Gasteiger partial charge on any atom is -0.487 e. The SMILES string of the molecule is Cc1ccc(C(C)(C)c2ccc(OCc3ccnc(N4CC(F)(F)C4)n3)cc2)cc1. The Morgan fingerprint density at radius 3 is 2.17 bits per heavy atom. The van der Waals surface area contributed by atoms with Crippen LogP contribution in [0.15, 0.2) is 60.8 Å². The van der Waals surface area contributed by atoms with Crippen molar-refractivity contribution in [3.05, 3.63) is 83.2 Å². The van der Waals surface area contributed by atoms with Gasteiger partial charge in [0.2, 0.25) is 5.95 Å². The van der Waals surface area contributed by atoms with E-state index in [0.29, 0.717) is 11.6 Å². The Morgan fingerprint density at radius 2 is 1.57 bits per heavy atom. The Balaban J connectivity index is 1.40. The van der Waals surface area contributed by atoms with Crippen LogP contribution in [0.25, 0.3) is 0 Å². The molecule has 0 saturated carbocycles. The lowest BCUT2D eigenvalue weighted by atomic mass is 9.78. The van der Waals surface area contributed by atoms with Crippen molar-refractivity contribution in [1.82, 2.24) is 9.97 Å². The molecule has 6 heteroatoms. The summed E-state index contributed by atoms with van der Waals surface area (Å²) in [4.78, 5) is 9.88. The summed E-state index contributed by atoms with van der Waals surface area (Å²) in [5, 5.41) is 0. The average Bonchev–Trinajstić information content (AvgIpc) is 2.71. The number of nitrogens with zero attached hydrogens (tertiary/aromatic N) is 3. The summed E-state index contributed by atoms with van der Waals surface area (Å²) in [6.07, 6.45) is 1.57. The number of rotatable bonds is 6. The number of hydrogen-bond donors (Lipinski definition) is 0. The van der Waals surface area contributed by atoms with Crippen molar-refractivity contribution in [1.29, 1.82) is 0 Å². The first-order chi connectivity index (χ1) is 14.2. The van der Waals surface area contributed by atoms with Crippen LogP contribution in [-0.4, -0.2) is 29.0 Å². The summed E-state index contributed by atoms with van der Waals surface area (Å²) in [7, 11) is 0. The van der Waals surface area contributed by atoms with E-state index in [1.165, 1.54) is 21.6 Å². The maximum Gasteiger partial charge on any atom is 0.282 e. The lowest BCUT2D eigenvalue weighted by Crippen LogP contribution is -2.57. The monoisotopic (exact) mass is 409 g/mol. The van der Waals surface area contributed by atoms with E-state index in [2.05, 4.69) is 67.1 Å². The van der Waals surface area contributed by atoms with E-state index in [4.69, 9.17) is 4.74 Å². The standard InChI is InChI=1S/C24H25F2N3O/c1-17-4-6-18(7-5-17)23(2,3)19-8-10-21(11-9-19)30-14-20-12-13-27-22(28-20)29-15-24(25,26)16-29/h4-13H,14-16H2,1-3H3. The molecule has 2 aromatic carbocycles. The van der Waals surface area contributed by atoms with Crippen molar-refractivity contribution < 1.29 is 13.5 Å². The maximum absolute atomic E-state index is 13.1. The molecule has 0 spiro atoms. The lowest BCUT2D eigenvalue weighted by molar-refractivity contribution is -0.0272. The van der Waals surface area contributed by atoms with Crippen LogP contribution in [0.1, 0.15) is 36.2 Å². The van der Waals surface area contributed by atoms with E-state index in [1.807, 2.05) is 12.1 Å². The zero-order chi connectivity index (χ0) is 21.4. The van der Waals surface area contributed by atoms with Gasteiger partial charge in [0.1, 0.15) is 12.4 Å². The van der Waals surface area contributed by atoms with Crippen molar-refractivity contribution in [2.24, 2.45) is 0 Å². The Hall–Kier alpha value is -3.02. The highest BCUT2D eigenvalue weighted by atomic mass is 19.3. The number of alkyl halides is 2. The number of anilines is 1. The molecule has 0 bridgehead atoms. The molecule has 1 saturated heterocycles. The van der Waals surface area contributed by atoms with Crippen LogP contribution in [0.5, 0.6) is 5.75 Å². The Labute approximate surface area is 175 Å². The fourth-order valence-electron chi connectivity index (χ4n) is 3.53. The number of halogens is 2. The molecule has 0 radical (unpaired) electrons. The van der Waals surface area contributed by atoms with Crippen LogP contribution in [-0.2, 0) is 12.0 Å². The molecular weight excluding hydrogens is 384 g/mol. The molecule has 30 heavy (non-hydrogen) atoms. The van der Waals surface area contributed by atoms with Gasteiger partial charge in [0.15, 0.2) is 0 Å². The third-order valence-corrected chi connectivity index (χ3v) is 5.56. The molecule has 0 amide bonds. The van der Waals surface area contributed by atoms with Gasteiger partial charge in [-0.3, -0.25) is 0 Å². The third kappa shape index (κ3) is 4.27. The highest BCUT2D eigenvalue weighted by molar-refractivity contribution is 5.41. The van der Waals surface area contributed by atoms with Gasteiger partial charge in [-0.05, 0) is 36.2 Å². The van der Waals surface area contributed by atoms with E-state index in [9.17, 15) is 8.78 Å². The minimum absolute atomic E-state index is 0.118. The van der Waals surface area contributed by atoms with Gasteiger partial charge in [-0.1, -0.05) is 55.8 Å². The fourth-order valence-corrected chi connectivity index (χ4v) is 3.53. The van der Waals surface area contributed by atoms with Gasteiger partial charge in [-0.25, -0.2) is 18.7 Å². The summed E-state index contributed by atoms with van der Waals surface area (Å²) in [6, 6.07) is 18.4. The Kier molecular flexibility index (Phi) is 5.18. The van der Waals surface area contributed by atoms with Crippen molar-refractivity contribution in [3.63, 3.8) is 0 Å². The molecular formula is C24H25F2N3O. The molecule has 0 aliphatic carbocycles. The Morgan fingerprint density at radius 1 is 0.967 bits per heavy atom. The number of hydrogen-bond acceptors (Lipinski definition) is 4. The first kappa shape index (κ1) is 20.3. The molecule has 0 N–H and O–H groups in total. The quantitative estimate of drug-likeness (QED) is 0.565. The molecule has 3 aromatic rings. The van der Waals surface area contributed by atoms with E-state index >= 15 is 0 Å². The summed E-state index contributed by atoms with van der Waals surface area (Å²) >= 11 is 0. The van der Waals surface area contributed by atoms with Gasteiger partial charge in [-0.15, -0.1) is 0 Å². The van der Waals surface area contributed by atoms with Crippen LogP contribution in [0, 0.1) is 6.92 Å². The van der Waals surface area contributed by atoms with Crippen molar-refractivity contribution in [2.75, 3.05) is 18.0 Å². The second-order valence-electron chi connectivity index (χ2n) is 8.36. The average molecular weight is 409 g/mol. The molecule has 1 aromatic heterocycles. The summed E-state index contributed by atoms with van der Waals surface area (Å²) in [6.45, 7) is 6.07. The molecule has 0 atom stereocenters. The number of aryl methyl sites for hydroxylation is 1. The molecule has 1 aliphatic heterocycles. The van der Waals surface area contributed by atoms with Crippen LogP contribution in [0.4, 0.5) is 14.7 Å². The van der Waals surface area contributed by atoms with E-state index in [1.54, 1.807) is 12.3 Å². The third-order valence-electron chi connectivity index (χ3n) is 5.56. The molecule has 4 nitrogen and oxygen atoms in total. The van der Waals surface area contributed by atoms with Gasteiger partial charge < -0.3 is 9.64 Å². The lowest BCUT2D eigenvalue weighted by Gasteiger charge is -2.38. The van der Waals surface area contributed by atoms with Gasteiger partial charge in [0.25, 0.3) is 5.92 Å². The normalized spacial score (nSPS) is 15.6. The van der Waals surface area contributed by atoms with Gasteiger partial charge >= 0.3 is 0 Å². The van der Waals surface area contributed by atoms with Crippen molar-refractivity contribution in [2.45, 2.75) is 38.7 Å². The van der Waals surface area contributed by atoms with E-state index in [0.717, 1.165) is 5.75 Å². The first-order valence-electron chi connectivity index (χ1n) is 9.98. The highest BCUT2D eigenvalue weighted by Gasteiger charge is 2.45. The molecule has 2 heterocycles. The second kappa shape index (κ2) is 7.67. The molecule has 1 aliphatic rings. The summed E-state index contributed by atoms with van der Waals surface area (Å²) in [5.74, 6) is -1.60. The minimum atomic E-state index is -2.65. The number of aromatic nitrogens is 2. The Bertz CT molecular complexity index is 1010. The van der Waals surface area contributed by atoms with E-state index in [-0.39, 0.29) is 25.1 Å². The van der Waals surface area contributed by atoms with Gasteiger partial charge in [0, 0.05) is 11.6 Å². The predicted octanol–water partition coefficient (Wildman–Crippen LogP) is 5.15. The van der Waals surface area contributed by atoms with Crippen molar-refractivity contribution in [3.8, 4) is 5.75 Å². The van der Waals surface area contributed by atoms with Crippen LogP contribution in [0.2, 0.25) is 0 Å². The van der Waals surface area contributed by atoms with Gasteiger partial charge in [0.05, 0.1) is 18.8 Å². The topological polar surface area (TPSA) is 38.2 Å². The maximum atomic E-state index is 13.1. The van der Waals surface area contributed by atoms with E-state index < -0.39 is 5.92 Å². The molecule has 156 valence electrons. The zero-order valence-electron chi connectivity index (χ0n) is 17.4.